The quantitative estimate of drug-likeness (QED) is 0.621. The summed E-state index contributed by atoms with van der Waals surface area (Å²) in [5.41, 5.74) is 3.23. The number of aromatic nitrogens is 3. The lowest BCUT2D eigenvalue weighted by atomic mass is 10.00. The number of hydroxylamine groups is 2. The monoisotopic (exact) mass is 401 g/mol. The third-order valence-electron chi connectivity index (χ3n) is 4.23. The summed E-state index contributed by atoms with van der Waals surface area (Å²) in [4.78, 5) is 10.4. The van der Waals surface area contributed by atoms with Gasteiger partial charge in [0.2, 0.25) is 0 Å². The first-order chi connectivity index (χ1) is 13.1. The lowest BCUT2D eigenvalue weighted by Gasteiger charge is -2.16. The number of fused-ring (bicyclic) bond motifs is 3. The number of halogens is 2. The molecule has 4 rings (SSSR count). The Morgan fingerprint density at radius 2 is 1.81 bits per heavy atom. The normalized spacial score (nSPS) is 13.1. The van der Waals surface area contributed by atoms with E-state index < -0.39 is 0 Å². The lowest BCUT2D eigenvalue weighted by Crippen LogP contribution is -2.16. The third kappa shape index (κ3) is 3.37. The molecule has 2 aromatic carbocycles. The first-order valence-corrected chi connectivity index (χ1v) is 9.14. The average molecular weight is 402 g/mol. The molecule has 6 nitrogen and oxygen atoms in total. The number of nitrogens with zero attached hydrogens (tertiary/aromatic N) is 5. The Morgan fingerprint density at radius 1 is 1.04 bits per heavy atom. The van der Waals surface area contributed by atoms with Crippen molar-refractivity contribution in [1.82, 2.24) is 19.8 Å². The molecule has 0 fully saturated rings. The van der Waals surface area contributed by atoms with Crippen LogP contribution < -0.4 is 0 Å². The summed E-state index contributed by atoms with van der Waals surface area (Å²) in [6, 6.07) is 13.3. The zero-order chi connectivity index (χ0) is 19.0. The Bertz CT molecular complexity index is 1030. The molecule has 0 unspecified atom stereocenters. The van der Waals surface area contributed by atoms with Crippen LogP contribution in [0.4, 0.5) is 0 Å². The summed E-state index contributed by atoms with van der Waals surface area (Å²) < 4.78 is 1.96. The molecule has 0 spiro atoms. The predicted molar refractivity (Wildman–Crippen MR) is 106 cm³/mol. The van der Waals surface area contributed by atoms with Crippen LogP contribution in [0.15, 0.2) is 47.5 Å². The Balaban J connectivity index is 1.91. The van der Waals surface area contributed by atoms with Gasteiger partial charge in [0, 0.05) is 30.2 Å². The van der Waals surface area contributed by atoms with Crippen molar-refractivity contribution in [2.75, 3.05) is 14.1 Å². The van der Waals surface area contributed by atoms with Gasteiger partial charge in [-0.15, -0.1) is 10.2 Å². The van der Waals surface area contributed by atoms with Gasteiger partial charge in [0.1, 0.15) is 13.2 Å². The van der Waals surface area contributed by atoms with Crippen molar-refractivity contribution < 1.29 is 4.84 Å². The van der Waals surface area contributed by atoms with E-state index in [0.29, 0.717) is 22.4 Å². The Morgan fingerprint density at radius 3 is 2.59 bits per heavy atom. The van der Waals surface area contributed by atoms with Crippen molar-refractivity contribution in [1.29, 1.82) is 0 Å². The molecule has 0 radical (unpaired) electrons. The van der Waals surface area contributed by atoms with Gasteiger partial charge in [0.25, 0.3) is 0 Å². The van der Waals surface area contributed by atoms with Gasteiger partial charge in [-0.3, -0.25) is 14.4 Å². The fourth-order valence-corrected chi connectivity index (χ4v) is 3.53. The SMILES string of the molecule is CN(C)OCc1nnc2n1-c1cccc(Cl)c1C(c1ccccc1Cl)=NC2. The van der Waals surface area contributed by atoms with Crippen molar-refractivity contribution in [3.05, 3.63) is 75.3 Å². The molecule has 138 valence electrons. The molecule has 0 bridgehead atoms. The highest BCUT2D eigenvalue weighted by atomic mass is 35.5. The molecule has 0 aliphatic carbocycles. The molecule has 2 heterocycles. The Hall–Kier alpha value is -2.25. The molecule has 3 aromatic rings. The molecule has 1 aliphatic heterocycles. The van der Waals surface area contributed by atoms with Crippen LogP contribution in [0, 0.1) is 0 Å². The van der Waals surface area contributed by atoms with Crippen LogP contribution in [0.2, 0.25) is 10.0 Å². The topological polar surface area (TPSA) is 55.5 Å². The van der Waals surface area contributed by atoms with Crippen molar-refractivity contribution in [2.24, 2.45) is 4.99 Å². The minimum Gasteiger partial charge on any atom is -0.291 e. The van der Waals surface area contributed by atoms with E-state index in [1.807, 2.05) is 61.1 Å². The largest absolute Gasteiger partial charge is 0.291 e. The number of aliphatic imine (C=N–C) groups is 1. The Kier molecular flexibility index (Phi) is 4.97. The highest BCUT2D eigenvalue weighted by Gasteiger charge is 2.25. The highest BCUT2D eigenvalue weighted by molar-refractivity contribution is 6.39. The van der Waals surface area contributed by atoms with Crippen molar-refractivity contribution in [3.63, 3.8) is 0 Å². The first-order valence-electron chi connectivity index (χ1n) is 8.38. The minimum absolute atomic E-state index is 0.285. The van der Waals surface area contributed by atoms with Crippen LogP contribution in [0.3, 0.4) is 0 Å². The zero-order valence-corrected chi connectivity index (χ0v) is 16.4. The van der Waals surface area contributed by atoms with E-state index in [1.54, 1.807) is 5.06 Å². The molecule has 1 aromatic heterocycles. The number of hydrogen-bond acceptors (Lipinski definition) is 5. The van der Waals surface area contributed by atoms with E-state index in [4.69, 9.17) is 33.0 Å². The van der Waals surface area contributed by atoms with Gasteiger partial charge in [0.05, 0.1) is 16.4 Å². The van der Waals surface area contributed by atoms with Crippen LogP contribution in [-0.4, -0.2) is 39.6 Å². The second kappa shape index (κ2) is 7.40. The van der Waals surface area contributed by atoms with Gasteiger partial charge in [-0.05, 0) is 18.2 Å². The van der Waals surface area contributed by atoms with Crippen LogP contribution in [0.1, 0.15) is 22.8 Å². The summed E-state index contributed by atoms with van der Waals surface area (Å²) in [6.45, 7) is 0.647. The smallest absolute Gasteiger partial charge is 0.165 e. The maximum Gasteiger partial charge on any atom is 0.165 e. The van der Waals surface area contributed by atoms with Gasteiger partial charge in [0.15, 0.2) is 11.6 Å². The molecular weight excluding hydrogens is 385 g/mol. The summed E-state index contributed by atoms with van der Waals surface area (Å²) >= 11 is 13.1. The summed E-state index contributed by atoms with van der Waals surface area (Å²) in [5, 5.41) is 11.4. The predicted octanol–water partition coefficient (Wildman–Crippen LogP) is 3.92. The van der Waals surface area contributed by atoms with E-state index in [2.05, 4.69) is 10.2 Å². The summed E-state index contributed by atoms with van der Waals surface area (Å²) in [5.74, 6) is 1.40. The first kappa shape index (κ1) is 18.1. The van der Waals surface area contributed by atoms with Gasteiger partial charge in [-0.25, -0.2) is 0 Å². The zero-order valence-electron chi connectivity index (χ0n) is 14.9. The van der Waals surface area contributed by atoms with Gasteiger partial charge in [-0.1, -0.05) is 47.5 Å². The van der Waals surface area contributed by atoms with Crippen LogP contribution >= 0.6 is 23.2 Å². The van der Waals surface area contributed by atoms with Crippen molar-refractivity contribution >= 4 is 28.9 Å². The third-order valence-corrected chi connectivity index (χ3v) is 4.87. The Labute approximate surface area is 167 Å². The van der Waals surface area contributed by atoms with E-state index in [-0.39, 0.29) is 6.61 Å². The van der Waals surface area contributed by atoms with Crippen LogP contribution in [0.25, 0.3) is 5.69 Å². The summed E-state index contributed by atoms with van der Waals surface area (Å²) in [6.07, 6.45) is 0. The number of hydrogen-bond donors (Lipinski definition) is 0. The van der Waals surface area contributed by atoms with E-state index in [9.17, 15) is 0 Å². The fourth-order valence-electron chi connectivity index (χ4n) is 3.05. The molecule has 0 N–H and O–H groups in total. The van der Waals surface area contributed by atoms with Gasteiger partial charge in [-0.2, -0.15) is 5.06 Å². The van der Waals surface area contributed by atoms with Crippen LogP contribution in [-0.2, 0) is 18.0 Å². The molecule has 0 atom stereocenters. The second-order valence-corrected chi connectivity index (χ2v) is 7.05. The minimum atomic E-state index is 0.285. The highest BCUT2D eigenvalue weighted by Crippen LogP contribution is 2.32. The van der Waals surface area contributed by atoms with Crippen molar-refractivity contribution in [2.45, 2.75) is 13.2 Å². The summed E-state index contributed by atoms with van der Waals surface area (Å²) in [7, 11) is 3.65. The molecule has 8 heteroatoms. The van der Waals surface area contributed by atoms with Gasteiger partial charge >= 0.3 is 0 Å². The average Bonchev–Trinajstić information content (AvgIpc) is 2.97. The molecule has 0 saturated carbocycles. The standard InChI is InChI=1S/C19H17Cl2N5O/c1-25(2)27-11-17-24-23-16-10-22-19(12-6-3-4-7-13(12)20)18-14(21)8-5-9-15(18)26(16)17/h3-9H,10-11H2,1-2H3. The van der Waals surface area contributed by atoms with Crippen molar-refractivity contribution in [3.8, 4) is 5.69 Å². The van der Waals surface area contributed by atoms with E-state index >= 15 is 0 Å². The molecule has 0 amide bonds. The molecule has 1 aliphatic rings. The molecule has 27 heavy (non-hydrogen) atoms. The van der Waals surface area contributed by atoms with Crippen LogP contribution in [0.5, 0.6) is 0 Å². The maximum absolute atomic E-state index is 6.61. The van der Waals surface area contributed by atoms with E-state index in [1.165, 1.54) is 0 Å². The molecular formula is C19H17Cl2N5O. The second-order valence-electron chi connectivity index (χ2n) is 6.23. The molecule has 0 saturated heterocycles. The van der Waals surface area contributed by atoms with Gasteiger partial charge < -0.3 is 0 Å². The number of rotatable bonds is 4. The maximum atomic E-state index is 6.61. The van der Waals surface area contributed by atoms with E-state index in [0.717, 1.165) is 28.4 Å². The fraction of sp³-hybridized carbons (Fsp3) is 0.211. The number of benzene rings is 2. The lowest BCUT2D eigenvalue weighted by molar-refractivity contribution is -0.133.